The van der Waals surface area contributed by atoms with Gasteiger partial charge in [-0.15, -0.1) is 0 Å². The smallest absolute Gasteiger partial charge is 0.166 e. The van der Waals surface area contributed by atoms with Crippen molar-refractivity contribution < 1.29 is 14.2 Å². The molecule has 2 fully saturated rings. The van der Waals surface area contributed by atoms with Crippen molar-refractivity contribution in [2.45, 2.75) is 42.6 Å². The van der Waals surface area contributed by atoms with Gasteiger partial charge < -0.3 is 14.2 Å². The molecule has 0 amide bonds. The maximum Gasteiger partial charge on any atom is 0.166 e. The molecule has 0 aromatic heterocycles. The largest absolute Gasteiger partial charge is 0.493 e. The Balaban J connectivity index is 1.70. The third kappa shape index (κ3) is 1.11. The lowest BCUT2D eigenvalue weighted by Gasteiger charge is -2.52. The molecule has 0 radical (unpaired) electrons. The van der Waals surface area contributed by atoms with Crippen LogP contribution in [0.15, 0.2) is 23.8 Å². The van der Waals surface area contributed by atoms with Crippen molar-refractivity contribution in [2.24, 2.45) is 0 Å². The summed E-state index contributed by atoms with van der Waals surface area (Å²) in [7, 11) is 3.98. The van der Waals surface area contributed by atoms with Crippen molar-refractivity contribution in [2.75, 3.05) is 20.7 Å². The highest BCUT2D eigenvalue weighted by molar-refractivity contribution is 5.66. The molecule has 1 spiro atoms. The van der Waals surface area contributed by atoms with E-state index in [0.717, 1.165) is 30.9 Å². The standard InChI is InChI=1S/C18H19NO3/c1-19-6-5-18-10-8-13-16(21-13)17(18)22-15-12(20-2)4-3-9(14(15)18)7-11(10)19/h3-4,8,11,13,16-17H,5-7H2,1-2H3/t11-,13+,16+,17+,18+/m1/s1. The molecule has 1 aromatic rings. The molecular formula is C18H19NO3. The number of piperidine rings is 1. The van der Waals surface area contributed by atoms with E-state index in [1.807, 2.05) is 0 Å². The van der Waals surface area contributed by atoms with Crippen molar-refractivity contribution in [3.05, 3.63) is 34.9 Å². The number of hydrogen-bond acceptors (Lipinski definition) is 4. The Bertz CT molecular complexity index is 742. The highest BCUT2D eigenvalue weighted by Gasteiger charge is 2.68. The fraction of sp³-hybridized carbons (Fsp3) is 0.556. The summed E-state index contributed by atoms with van der Waals surface area (Å²) in [4.78, 5) is 2.50. The zero-order valence-electron chi connectivity index (χ0n) is 12.8. The Labute approximate surface area is 129 Å². The molecule has 1 aromatic carbocycles. The average Bonchev–Trinajstić information content (AvgIpc) is 3.22. The molecule has 4 heteroatoms. The predicted molar refractivity (Wildman–Crippen MR) is 80.6 cm³/mol. The number of epoxide rings is 1. The summed E-state index contributed by atoms with van der Waals surface area (Å²) in [6.07, 6.45) is 5.24. The second-order valence-electron chi connectivity index (χ2n) is 7.28. The minimum Gasteiger partial charge on any atom is -0.493 e. The third-order valence-electron chi connectivity index (χ3n) is 6.49. The van der Waals surface area contributed by atoms with Crippen molar-refractivity contribution in [1.82, 2.24) is 4.90 Å². The number of rotatable bonds is 1. The van der Waals surface area contributed by atoms with Gasteiger partial charge in [0, 0.05) is 11.6 Å². The number of likely N-dealkylation sites (tertiary alicyclic amines) is 1. The Kier molecular flexibility index (Phi) is 1.91. The van der Waals surface area contributed by atoms with Crippen LogP contribution < -0.4 is 9.47 Å². The van der Waals surface area contributed by atoms with Gasteiger partial charge in [0.1, 0.15) is 18.3 Å². The molecule has 2 bridgehead atoms. The molecule has 114 valence electrons. The molecule has 0 saturated carbocycles. The molecule has 4 nitrogen and oxygen atoms in total. The fourth-order valence-electron chi connectivity index (χ4n) is 5.45. The predicted octanol–water partition coefficient (Wildman–Crippen LogP) is 1.66. The van der Waals surface area contributed by atoms with Crippen LogP contribution in [0.25, 0.3) is 0 Å². The second-order valence-corrected chi connectivity index (χ2v) is 7.28. The lowest BCUT2D eigenvalue weighted by atomic mass is 9.56. The fourth-order valence-corrected chi connectivity index (χ4v) is 5.45. The summed E-state index contributed by atoms with van der Waals surface area (Å²) in [5.74, 6) is 1.85. The average molecular weight is 297 g/mol. The van der Waals surface area contributed by atoms with E-state index in [9.17, 15) is 0 Å². The molecule has 3 aliphatic heterocycles. The number of benzene rings is 1. The van der Waals surface area contributed by atoms with Gasteiger partial charge in [-0.1, -0.05) is 12.1 Å². The molecule has 5 atom stereocenters. The molecule has 2 saturated heterocycles. The number of fused-ring (bicyclic) bond motifs is 2. The first-order valence-electron chi connectivity index (χ1n) is 8.19. The second kappa shape index (κ2) is 3.52. The Morgan fingerprint density at radius 1 is 1.36 bits per heavy atom. The lowest BCUT2D eigenvalue weighted by molar-refractivity contribution is 0.0741. The van der Waals surface area contributed by atoms with E-state index in [4.69, 9.17) is 14.2 Å². The summed E-state index contributed by atoms with van der Waals surface area (Å²) in [6, 6.07) is 4.81. The van der Waals surface area contributed by atoms with Gasteiger partial charge in [0.15, 0.2) is 11.5 Å². The van der Waals surface area contributed by atoms with Gasteiger partial charge in [0.25, 0.3) is 0 Å². The Hall–Kier alpha value is -1.52. The van der Waals surface area contributed by atoms with Crippen LogP contribution in [0.1, 0.15) is 17.5 Å². The zero-order valence-corrected chi connectivity index (χ0v) is 12.8. The molecule has 6 rings (SSSR count). The van der Waals surface area contributed by atoms with Gasteiger partial charge in [0.05, 0.1) is 12.5 Å². The molecular weight excluding hydrogens is 278 g/mol. The molecule has 0 unspecified atom stereocenters. The van der Waals surface area contributed by atoms with Crippen LogP contribution in [0.5, 0.6) is 11.5 Å². The molecule has 2 aliphatic carbocycles. The SMILES string of the molecule is COc1ccc2c3c1O[C@H]1[C@H]4O[C@H]4C=C4[C@@H](C2)N(C)CC[C@]431. The van der Waals surface area contributed by atoms with E-state index in [-0.39, 0.29) is 23.7 Å². The van der Waals surface area contributed by atoms with Crippen molar-refractivity contribution in [3.8, 4) is 11.5 Å². The zero-order chi connectivity index (χ0) is 14.6. The maximum atomic E-state index is 6.48. The van der Waals surface area contributed by atoms with Gasteiger partial charge in [-0.3, -0.25) is 4.90 Å². The van der Waals surface area contributed by atoms with E-state index >= 15 is 0 Å². The summed E-state index contributed by atoms with van der Waals surface area (Å²) in [5, 5.41) is 0. The van der Waals surface area contributed by atoms with E-state index in [0.29, 0.717) is 6.04 Å². The van der Waals surface area contributed by atoms with Gasteiger partial charge >= 0.3 is 0 Å². The first-order chi connectivity index (χ1) is 10.7. The van der Waals surface area contributed by atoms with Crippen LogP contribution in [0.3, 0.4) is 0 Å². The monoisotopic (exact) mass is 297 g/mol. The van der Waals surface area contributed by atoms with Gasteiger partial charge in [-0.25, -0.2) is 0 Å². The summed E-state index contributed by atoms with van der Waals surface area (Å²) in [6.45, 7) is 1.12. The van der Waals surface area contributed by atoms with E-state index in [2.05, 4.69) is 30.2 Å². The highest BCUT2D eigenvalue weighted by Crippen LogP contribution is 2.64. The van der Waals surface area contributed by atoms with Crippen LogP contribution >= 0.6 is 0 Å². The highest BCUT2D eigenvalue weighted by atomic mass is 16.6. The summed E-state index contributed by atoms with van der Waals surface area (Å²) in [5.41, 5.74) is 4.42. The third-order valence-corrected chi connectivity index (χ3v) is 6.49. The van der Waals surface area contributed by atoms with Gasteiger partial charge in [-0.2, -0.15) is 0 Å². The van der Waals surface area contributed by atoms with E-state index < -0.39 is 0 Å². The van der Waals surface area contributed by atoms with Crippen LogP contribution in [0.4, 0.5) is 0 Å². The first-order valence-corrected chi connectivity index (χ1v) is 8.19. The van der Waals surface area contributed by atoms with E-state index in [1.54, 1.807) is 12.7 Å². The minimum atomic E-state index is 0.0340. The lowest BCUT2D eigenvalue weighted by Crippen LogP contribution is -2.59. The number of methoxy groups -OCH3 is 1. The van der Waals surface area contributed by atoms with E-state index in [1.165, 1.54) is 11.1 Å². The maximum absolute atomic E-state index is 6.48. The van der Waals surface area contributed by atoms with Crippen LogP contribution in [-0.2, 0) is 16.6 Å². The van der Waals surface area contributed by atoms with Gasteiger partial charge in [-0.05, 0) is 43.6 Å². The van der Waals surface area contributed by atoms with Gasteiger partial charge in [0.2, 0.25) is 0 Å². The number of nitrogens with zero attached hydrogens (tertiary/aromatic N) is 1. The summed E-state index contributed by atoms with van der Waals surface area (Å²) >= 11 is 0. The summed E-state index contributed by atoms with van der Waals surface area (Å²) < 4.78 is 18.0. The molecule has 22 heavy (non-hydrogen) atoms. The Morgan fingerprint density at radius 2 is 2.27 bits per heavy atom. The number of likely N-dealkylation sites (N-methyl/N-ethyl adjacent to an activating group) is 1. The molecule has 0 N–H and O–H groups in total. The minimum absolute atomic E-state index is 0.0340. The molecule has 5 aliphatic rings. The Morgan fingerprint density at radius 3 is 3.14 bits per heavy atom. The van der Waals surface area contributed by atoms with Crippen LogP contribution in [0.2, 0.25) is 0 Å². The molecule has 3 heterocycles. The topological polar surface area (TPSA) is 34.2 Å². The van der Waals surface area contributed by atoms with Crippen molar-refractivity contribution >= 4 is 0 Å². The van der Waals surface area contributed by atoms with Crippen molar-refractivity contribution in [1.29, 1.82) is 0 Å². The van der Waals surface area contributed by atoms with Crippen molar-refractivity contribution in [3.63, 3.8) is 0 Å². The number of hydrogen-bond donors (Lipinski definition) is 0. The van der Waals surface area contributed by atoms with Crippen LogP contribution in [-0.4, -0.2) is 50.0 Å². The normalized spacial score (nSPS) is 42.9. The quantitative estimate of drug-likeness (QED) is 0.583. The first kappa shape index (κ1) is 12.0. The number of ether oxygens (including phenoxy) is 3. The van der Waals surface area contributed by atoms with Crippen LogP contribution in [0, 0.1) is 0 Å².